The van der Waals surface area contributed by atoms with Gasteiger partial charge in [0, 0.05) is 24.5 Å². The second kappa shape index (κ2) is 7.80. The van der Waals surface area contributed by atoms with Crippen LogP contribution in [0.3, 0.4) is 0 Å². The van der Waals surface area contributed by atoms with Gasteiger partial charge in [-0.2, -0.15) is 0 Å². The number of rotatable bonds is 8. The molecule has 1 unspecified atom stereocenters. The van der Waals surface area contributed by atoms with E-state index in [2.05, 4.69) is 36.2 Å². The van der Waals surface area contributed by atoms with Crippen LogP contribution >= 0.6 is 11.3 Å². The minimum atomic E-state index is 0.489. The van der Waals surface area contributed by atoms with Crippen LogP contribution in [0, 0.1) is 6.92 Å². The highest BCUT2D eigenvalue weighted by atomic mass is 32.1. The topological polar surface area (TPSA) is 42.1 Å². The van der Waals surface area contributed by atoms with Gasteiger partial charge in [-0.1, -0.05) is 26.2 Å². The molecule has 1 heterocycles. The quantitative estimate of drug-likeness (QED) is 0.726. The van der Waals surface area contributed by atoms with Crippen molar-refractivity contribution in [2.75, 3.05) is 13.6 Å². The lowest BCUT2D eigenvalue weighted by atomic mass is 10.1. The number of nitrogens with zero attached hydrogens (tertiary/aromatic N) is 2. The van der Waals surface area contributed by atoms with Crippen molar-refractivity contribution in [2.24, 2.45) is 5.73 Å². The van der Waals surface area contributed by atoms with Crippen molar-refractivity contribution in [2.45, 2.75) is 52.1 Å². The van der Waals surface area contributed by atoms with Crippen molar-refractivity contribution < 1.29 is 0 Å². The van der Waals surface area contributed by atoms with E-state index in [-0.39, 0.29) is 0 Å². The molecule has 0 amide bonds. The van der Waals surface area contributed by atoms with E-state index in [1.54, 1.807) is 11.3 Å². The fourth-order valence-electron chi connectivity index (χ4n) is 2.01. The Bertz CT molecular complexity index is 311. The Morgan fingerprint density at radius 2 is 2.24 bits per heavy atom. The second-order valence-corrected chi connectivity index (χ2v) is 5.72. The van der Waals surface area contributed by atoms with Crippen LogP contribution in [0.5, 0.6) is 0 Å². The fraction of sp³-hybridized carbons (Fsp3) is 0.769. The normalized spacial score (nSPS) is 13.2. The number of likely N-dealkylation sites (N-methyl/N-ethyl adjacent to an activating group) is 1. The van der Waals surface area contributed by atoms with Gasteiger partial charge in [-0.15, -0.1) is 11.3 Å². The Labute approximate surface area is 109 Å². The van der Waals surface area contributed by atoms with Crippen molar-refractivity contribution >= 4 is 11.3 Å². The van der Waals surface area contributed by atoms with Crippen molar-refractivity contribution in [3.05, 3.63) is 16.1 Å². The van der Waals surface area contributed by atoms with E-state index in [1.165, 1.54) is 31.4 Å². The monoisotopic (exact) mass is 255 g/mol. The molecule has 1 atom stereocenters. The first-order valence-electron chi connectivity index (χ1n) is 6.48. The predicted octanol–water partition coefficient (Wildman–Crippen LogP) is 2.79. The summed E-state index contributed by atoms with van der Waals surface area (Å²) in [5, 5.41) is 3.29. The lowest BCUT2D eigenvalue weighted by molar-refractivity contribution is 0.221. The molecule has 1 aromatic heterocycles. The molecule has 0 fully saturated rings. The summed E-state index contributed by atoms with van der Waals surface area (Å²) in [5.41, 5.74) is 7.03. The first kappa shape index (κ1) is 14.6. The zero-order valence-corrected chi connectivity index (χ0v) is 12.1. The molecule has 0 saturated carbocycles. The first-order valence-corrected chi connectivity index (χ1v) is 7.36. The Balaban J connectivity index is 2.40. The van der Waals surface area contributed by atoms with Gasteiger partial charge in [0.1, 0.15) is 0 Å². The summed E-state index contributed by atoms with van der Waals surface area (Å²) in [4.78, 5) is 6.84. The number of thiazole rings is 1. The van der Waals surface area contributed by atoms with Crippen LogP contribution in [0.25, 0.3) is 0 Å². The maximum Gasteiger partial charge on any atom is 0.0897 e. The molecule has 0 saturated heterocycles. The molecule has 4 heteroatoms. The number of aromatic nitrogens is 1. The zero-order valence-electron chi connectivity index (χ0n) is 11.3. The van der Waals surface area contributed by atoms with Crippen LogP contribution in [0.15, 0.2) is 5.38 Å². The number of hydrogen-bond donors (Lipinski definition) is 1. The summed E-state index contributed by atoms with van der Waals surface area (Å²) in [6.45, 7) is 5.94. The summed E-state index contributed by atoms with van der Waals surface area (Å²) in [6.07, 6.45) is 5.05. The maximum atomic E-state index is 5.86. The zero-order chi connectivity index (χ0) is 12.7. The van der Waals surface area contributed by atoms with E-state index in [0.717, 1.165) is 18.1 Å². The molecule has 0 aliphatic rings. The van der Waals surface area contributed by atoms with Gasteiger partial charge in [0.05, 0.1) is 10.7 Å². The third-order valence-electron chi connectivity index (χ3n) is 3.11. The van der Waals surface area contributed by atoms with Gasteiger partial charge < -0.3 is 5.73 Å². The summed E-state index contributed by atoms with van der Waals surface area (Å²) in [6, 6.07) is 0.489. The first-order chi connectivity index (χ1) is 8.17. The van der Waals surface area contributed by atoms with Crippen LogP contribution in [0.4, 0.5) is 0 Å². The van der Waals surface area contributed by atoms with Crippen molar-refractivity contribution in [3.8, 4) is 0 Å². The largest absolute Gasteiger partial charge is 0.329 e. The number of aryl methyl sites for hydroxylation is 1. The lowest BCUT2D eigenvalue weighted by Crippen LogP contribution is -2.37. The van der Waals surface area contributed by atoms with Gasteiger partial charge in [-0.25, -0.2) is 4.98 Å². The van der Waals surface area contributed by atoms with Crippen molar-refractivity contribution in [3.63, 3.8) is 0 Å². The molecule has 17 heavy (non-hydrogen) atoms. The van der Waals surface area contributed by atoms with Crippen LogP contribution in [-0.2, 0) is 6.54 Å². The van der Waals surface area contributed by atoms with E-state index < -0.39 is 0 Å². The fourth-order valence-corrected chi connectivity index (χ4v) is 2.62. The number of hydrogen-bond acceptors (Lipinski definition) is 4. The van der Waals surface area contributed by atoms with Crippen LogP contribution in [0.2, 0.25) is 0 Å². The minimum Gasteiger partial charge on any atom is -0.329 e. The molecule has 3 nitrogen and oxygen atoms in total. The van der Waals surface area contributed by atoms with E-state index in [4.69, 9.17) is 5.73 Å². The van der Waals surface area contributed by atoms with Crippen molar-refractivity contribution in [1.82, 2.24) is 9.88 Å². The smallest absolute Gasteiger partial charge is 0.0897 e. The van der Waals surface area contributed by atoms with Gasteiger partial charge in [-0.05, 0) is 20.4 Å². The predicted molar refractivity (Wildman–Crippen MR) is 75.3 cm³/mol. The van der Waals surface area contributed by atoms with Gasteiger partial charge in [0.15, 0.2) is 0 Å². The SMILES string of the molecule is CCCCCC(CN)N(C)Cc1csc(C)n1. The van der Waals surface area contributed by atoms with Crippen LogP contribution in [-0.4, -0.2) is 29.5 Å². The summed E-state index contributed by atoms with van der Waals surface area (Å²) < 4.78 is 0. The van der Waals surface area contributed by atoms with Crippen molar-refractivity contribution in [1.29, 1.82) is 0 Å². The molecule has 0 aliphatic heterocycles. The molecule has 0 spiro atoms. The second-order valence-electron chi connectivity index (χ2n) is 4.66. The van der Waals surface area contributed by atoms with E-state index in [0.29, 0.717) is 6.04 Å². The molecule has 1 aromatic rings. The van der Waals surface area contributed by atoms with Gasteiger partial charge in [0.2, 0.25) is 0 Å². The molecule has 0 aromatic carbocycles. The molecule has 98 valence electrons. The average molecular weight is 255 g/mol. The third kappa shape index (κ3) is 5.15. The maximum absolute atomic E-state index is 5.86. The van der Waals surface area contributed by atoms with E-state index in [1.807, 2.05) is 0 Å². The van der Waals surface area contributed by atoms with E-state index >= 15 is 0 Å². The van der Waals surface area contributed by atoms with Gasteiger partial charge >= 0.3 is 0 Å². The van der Waals surface area contributed by atoms with Crippen LogP contribution < -0.4 is 5.73 Å². The summed E-state index contributed by atoms with van der Waals surface area (Å²) in [7, 11) is 2.15. The molecule has 0 aliphatic carbocycles. The minimum absolute atomic E-state index is 0.489. The number of nitrogens with two attached hydrogens (primary N) is 1. The Morgan fingerprint density at radius 3 is 2.76 bits per heavy atom. The van der Waals surface area contributed by atoms with E-state index in [9.17, 15) is 0 Å². The molecule has 2 N–H and O–H groups in total. The molecule has 0 radical (unpaired) electrons. The van der Waals surface area contributed by atoms with Crippen LogP contribution in [0.1, 0.15) is 43.3 Å². The molecular formula is C13H25N3S. The lowest BCUT2D eigenvalue weighted by Gasteiger charge is -2.26. The van der Waals surface area contributed by atoms with Gasteiger partial charge in [0.25, 0.3) is 0 Å². The molecular weight excluding hydrogens is 230 g/mol. The molecule has 1 rings (SSSR count). The highest BCUT2D eigenvalue weighted by Gasteiger charge is 2.13. The highest BCUT2D eigenvalue weighted by molar-refractivity contribution is 7.09. The third-order valence-corrected chi connectivity index (χ3v) is 3.94. The Morgan fingerprint density at radius 1 is 1.47 bits per heavy atom. The average Bonchev–Trinajstić information content (AvgIpc) is 2.70. The molecule has 0 bridgehead atoms. The standard InChI is InChI=1S/C13H25N3S/c1-4-5-6-7-13(8-14)16(3)9-12-10-17-11(2)15-12/h10,13H,4-9,14H2,1-3H3. The highest BCUT2D eigenvalue weighted by Crippen LogP contribution is 2.13. The number of unbranched alkanes of at least 4 members (excludes halogenated alkanes) is 2. The van der Waals surface area contributed by atoms with Gasteiger partial charge in [-0.3, -0.25) is 4.90 Å². The summed E-state index contributed by atoms with van der Waals surface area (Å²) in [5.74, 6) is 0. The summed E-state index contributed by atoms with van der Waals surface area (Å²) >= 11 is 1.72. The Hall–Kier alpha value is -0.450. The Kier molecular flexibility index (Phi) is 6.70.